The summed E-state index contributed by atoms with van der Waals surface area (Å²) in [4.78, 5) is 11.7. The molecular formula is C21H25N3O6S2. The zero-order valence-corrected chi connectivity index (χ0v) is 19.5. The number of benzene rings is 2. The minimum Gasteiger partial charge on any atom is -0.408 e. The van der Waals surface area contributed by atoms with Crippen LogP contribution in [-0.4, -0.2) is 38.8 Å². The van der Waals surface area contributed by atoms with Gasteiger partial charge in [0, 0.05) is 26.2 Å². The summed E-state index contributed by atoms with van der Waals surface area (Å²) in [5.74, 6) is -0.593. The van der Waals surface area contributed by atoms with Gasteiger partial charge in [-0.1, -0.05) is 18.9 Å². The Morgan fingerprint density at radius 3 is 2.31 bits per heavy atom. The van der Waals surface area contributed by atoms with E-state index in [-0.39, 0.29) is 21.1 Å². The SMILES string of the molecule is Cc1ccc(NS(=O)(=O)c2ccc3c(c2)oc(=O)n3C)cc1S(=O)(=O)N1CCCCCC1. The minimum atomic E-state index is -4.04. The number of nitrogens with one attached hydrogen (secondary N) is 1. The van der Waals surface area contributed by atoms with E-state index in [1.807, 2.05) is 0 Å². The Morgan fingerprint density at radius 2 is 1.62 bits per heavy atom. The highest BCUT2D eigenvalue weighted by atomic mass is 32.2. The van der Waals surface area contributed by atoms with Crippen molar-refractivity contribution < 1.29 is 21.3 Å². The molecule has 2 heterocycles. The van der Waals surface area contributed by atoms with Gasteiger partial charge in [0.05, 0.1) is 21.0 Å². The minimum absolute atomic E-state index is 0.0871. The monoisotopic (exact) mass is 479 g/mol. The molecule has 0 saturated carbocycles. The fourth-order valence-corrected chi connectivity index (χ4v) is 6.69. The summed E-state index contributed by atoms with van der Waals surface area (Å²) >= 11 is 0. The van der Waals surface area contributed by atoms with Crippen LogP contribution in [0.3, 0.4) is 0 Å². The van der Waals surface area contributed by atoms with Crippen molar-refractivity contribution in [2.75, 3.05) is 17.8 Å². The van der Waals surface area contributed by atoms with Gasteiger partial charge in [0.25, 0.3) is 10.0 Å². The molecule has 2 aromatic carbocycles. The molecule has 4 rings (SSSR count). The number of anilines is 1. The molecule has 1 fully saturated rings. The number of oxazole rings is 1. The van der Waals surface area contributed by atoms with E-state index in [1.54, 1.807) is 13.0 Å². The molecular weight excluding hydrogens is 454 g/mol. The summed E-state index contributed by atoms with van der Waals surface area (Å²) in [6.07, 6.45) is 3.61. The maximum atomic E-state index is 13.2. The molecule has 0 spiro atoms. The Bertz CT molecular complexity index is 1430. The van der Waals surface area contributed by atoms with Gasteiger partial charge in [0.2, 0.25) is 10.0 Å². The molecule has 11 heteroatoms. The van der Waals surface area contributed by atoms with Crippen LogP contribution in [0.15, 0.2) is 55.4 Å². The molecule has 0 atom stereocenters. The molecule has 172 valence electrons. The van der Waals surface area contributed by atoms with E-state index >= 15 is 0 Å². The highest BCUT2D eigenvalue weighted by Crippen LogP contribution is 2.27. The van der Waals surface area contributed by atoms with Gasteiger partial charge in [-0.25, -0.2) is 21.6 Å². The highest BCUT2D eigenvalue weighted by Gasteiger charge is 2.27. The third-order valence-corrected chi connectivity index (χ3v) is 9.12. The lowest BCUT2D eigenvalue weighted by atomic mass is 10.2. The number of nitrogens with zero attached hydrogens (tertiary/aromatic N) is 2. The van der Waals surface area contributed by atoms with Crippen molar-refractivity contribution in [3.05, 3.63) is 52.5 Å². The van der Waals surface area contributed by atoms with Crippen LogP contribution in [0.5, 0.6) is 0 Å². The maximum absolute atomic E-state index is 13.2. The lowest BCUT2D eigenvalue weighted by molar-refractivity contribution is 0.423. The number of aryl methyl sites for hydroxylation is 2. The molecule has 1 aliphatic heterocycles. The first-order valence-corrected chi connectivity index (χ1v) is 13.3. The molecule has 1 aromatic heterocycles. The van der Waals surface area contributed by atoms with Gasteiger partial charge in [-0.05, 0) is 49.6 Å². The Morgan fingerprint density at radius 1 is 0.938 bits per heavy atom. The summed E-state index contributed by atoms with van der Waals surface area (Å²) < 4.78 is 62.6. The number of hydrogen-bond acceptors (Lipinski definition) is 6. The lowest BCUT2D eigenvalue weighted by Crippen LogP contribution is -2.32. The van der Waals surface area contributed by atoms with Gasteiger partial charge >= 0.3 is 5.76 Å². The van der Waals surface area contributed by atoms with E-state index in [2.05, 4.69) is 4.72 Å². The molecule has 0 amide bonds. The molecule has 0 radical (unpaired) electrons. The van der Waals surface area contributed by atoms with Gasteiger partial charge in [0.15, 0.2) is 5.58 Å². The van der Waals surface area contributed by atoms with Crippen molar-refractivity contribution >= 4 is 36.8 Å². The van der Waals surface area contributed by atoms with Gasteiger partial charge in [-0.2, -0.15) is 4.31 Å². The largest absolute Gasteiger partial charge is 0.419 e. The van der Waals surface area contributed by atoms with Crippen LogP contribution in [-0.2, 0) is 27.1 Å². The van der Waals surface area contributed by atoms with Crippen molar-refractivity contribution in [3.63, 3.8) is 0 Å². The van der Waals surface area contributed by atoms with E-state index in [0.717, 1.165) is 25.7 Å². The van der Waals surface area contributed by atoms with Crippen LogP contribution in [0, 0.1) is 6.92 Å². The van der Waals surface area contributed by atoms with Crippen molar-refractivity contribution in [2.45, 2.75) is 42.4 Å². The zero-order valence-electron chi connectivity index (χ0n) is 17.9. The molecule has 0 unspecified atom stereocenters. The second-order valence-electron chi connectivity index (χ2n) is 7.96. The Hall–Kier alpha value is -2.63. The van der Waals surface area contributed by atoms with Crippen molar-refractivity contribution in [2.24, 2.45) is 7.05 Å². The number of fused-ring (bicyclic) bond motifs is 1. The van der Waals surface area contributed by atoms with Gasteiger partial charge in [0.1, 0.15) is 0 Å². The first kappa shape index (κ1) is 22.6. The fraction of sp³-hybridized carbons (Fsp3) is 0.381. The second-order valence-corrected chi connectivity index (χ2v) is 11.5. The summed E-state index contributed by atoms with van der Waals surface area (Å²) in [5.41, 5.74) is 1.30. The number of sulfonamides is 2. The fourth-order valence-electron chi connectivity index (χ4n) is 3.86. The maximum Gasteiger partial charge on any atom is 0.419 e. The summed E-state index contributed by atoms with van der Waals surface area (Å²) in [6.45, 7) is 2.61. The van der Waals surface area contributed by atoms with Crippen LogP contribution in [0.4, 0.5) is 5.69 Å². The Kier molecular flexibility index (Phi) is 5.91. The first-order valence-electron chi connectivity index (χ1n) is 10.3. The third kappa shape index (κ3) is 4.19. The molecule has 0 aliphatic carbocycles. The highest BCUT2D eigenvalue weighted by molar-refractivity contribution is 7.92. The number of hydrogen-bond donors (Lipinski definition) is 1. The van der Waals surface area contributed by atoms with E-state index in [4.69, 9.17) is 4.42 Å². The average Bonchev–Trinajstić information content (AvgIpc) is 2.93. The standard InChI is InChI=1S/C21H25N3O6S2/c1-15-7-8-16(13-20(15)32(28,29)24-11-5-3-4-6-12-24)22-31(26,27)17-9-10-18-19(14-17)30-21(25)23(18)2/h7-10,13-14,22H,3-6,11-12H2,1-2H3. The topological polar surface area (TPSA) is 119 Å². The first-order chi connectivity index (χ1) is 15.1. The van der Waals surface area contributed by atoms with Crippen molar-refractivity contribution in [1.82, 2.24) is 8.87 Å². The van der Waals surface area contributed by atoms with Gasteiger partial charge < -0.3 is 4.42 Å². The molecule has 9 nitrogen and oxygen atoms in total. The van der Waals surface area contributed by atoms with Gasteiger partial charge in [-0.15, -0.1) is 0 Å². The van der Waals surface area contributed by atoms with Crippen molar-refractivity contribution in [3.8, 4) is 0 Å². The van der Waals surface area contributed by atoms with Crippen LogP contribution >= 0.6 is 0 Å². The Labute approximate surface area is 186 Å². The van der Waals surface area contributed by atoms with Crippen LogP contribution in [0.25, 0.3) is 11.1 Å². The van der Waals surface area contributed by atoms with Gasteiger partial charge in [-0.3, -0.25) is 9.29 Å². The number of aromatic nitrogens is 1. The lowest BCUT2D eigenvalue weighted by Gasteiger charge is -2.21. The smallest absolute Gasteiger partial charge is 0.408 e. The number of rotatable bonds is 5. The predicted octanol–water partition coefficient (Wildman–Crippen LogP) is 2.81. The van der Waals surface area contributed by atoms with Crippen LogP contribution < -0.4 is 10.5 Å². The predicted molar refractivity (Wildman–Crippen MR) is 121 cm³/mol. The molecule has 1 N–H and O–H groups in total. The van der Waals surface area contributed by atoms with E-state index in [9.17, 15) is 21.6 Å². The summed E-state index contributed by atoms with van der Waals surface area (Å²) in [6, 6.07) is 8.58. The third-order valence-electron chi connectivity index (χ3n) is 5.70. The normalized spacial score (nSPS) is 16.2. The molecule has 3 aromatic rings. The summed E-state index contributed by atoms with van der Waals surface area (Å²) in [5, 5.41) is 0. The Balaban J connectivity index is 1.67. The van der Waals surface area contributed by atoms with E-state index in [0.29, 0.717) is 24.2 Å². The summed E-state index contributed by atoms with van der Waals surface area (Å²) in [7, 11) is -6.26. The van der Waals surface area contributed by atoms with E-state index < -0.39 is 25.8 Å². The van der Waals surface area contributed by atoms with Crippen LogP contribution in [0.1, 0.15) is 31.2 Å². The molecule has 1 saturated heterocycles. The quantitative estimate of drug-likeness (QED) is 0.601. The molecule has 1 aliphatic rings. The second kappa shape index (κ2) is 8.38. The molecule has 32 heavy (non-hydrogen) atoms. The van der Waals surface area contributed by atoms with E-state index in [1.165, 1.54) is 46.3 Å². The van der Waals surface area contributed by atoms with Crippen LogP contribution in [0.2, 0.25) is 0 Å². The molecule has 0 bridgehead atoms. The average molecular weight is 480 g/mol. The van der Waals surface area contributed by atoms with Crippen molar-refractivity contribution in [1.29, 1.82) is 0 Å². The zero-order chi connectivity index (χ0) is 23.1.